The normalized spacial score (nSPS) is 16.7. The van der Waals surface area contributed by atoms with Crippen molar-refractivity contribution in [2.24, 2.45) is 4.99 Å². The third-order valence-electron chi connectivity index (χ3n) is 5.44. The molecule has 0 fully saturated rings. The number of carbonyl (C=O) groups is 2. The van der Waals surface area contributed by atoms with Crippen LogP contribution in [0.15, 0.2) is 47.5 Å². The van der Waals surface area contributed by atoms with Crippen LogP contribution in [0.25, 0.3) is 0 Å². The zero-order chi connectivity index (χ0) is 22.2. The zero-order valence-electron chi connectivity index (χ0n) is 17.6. The van der Waals surface area contributed by atoms with Crippen molar-refractivity contribution >= 4 is 28.9 Å². The van der Waals surface area contributed by atoms with Crippen LogP contribution in [0.5, 0.6) is 5.75 Å². The Labute approximate surface area is 191 Å². The maximum atomic E-state index is 13.0. The second-order valence-corrected chi connectivity index (χ2v) is 7.84. The molecule has 0 bridgehead atoms. The van der Waals surface area contributed by atoms with Crippen LogP contribution in [0.2, 0.25) is 0 Å². The first-order chi connectivity index (χ1) is 15.5. The number of anilines is 1. The lowest BCUT2D eigenvalue weighted by atomic mass is 10.1. The number of nitrogens with one attached hydrogen (secondary N) is 1. The number of hydrogen-bond donors (Lipinski definition) is 1. The molecule has 170 valence electrons. The summed E-state index contributed by atoms with van der Waals surface area (Å²) < 4.78 is 5.89. The van der Waals surface area contributed by atoms with Gasteiger partial charge in [0.2, 0.25) is 0 Å². The van der Waals surface area contributed by atoms with Crippen molar-refractivity contribution in [1.82, 2.24) is 25.5 Å². The van der Waals surface area contributed by atoms with Crippen LogP contribution in [0, 0.1) is 0 Å². The summed E-state index contributed by atoms with van der Waals surface area (Å²) in [5.41, 5.74) is 4.52. The summed E-state index contributed by atoms with van der Waals surface area (Å²) in [5.74, 6) is -0.407. The number of nitrogens with zero attached hydrogens (tertiary/aromatic N) is 6. The number of fused-ring (bicyclic) bond motifs is 2. The molecule has 0 unspecified atom stereocenters. The number of ether oxygens (including phenoxy) is 1. The van der Waals surface area contributed by atoms with Gasteiger partial charge >= 0.3 is 0 Å². The molecule has 10 nitrogen and oxygen atoms in total. The SMILES string of the molecule is C.CC1=Nc2cc3c(cc2C1)OC[C@H](NC(=O)c1nnn(Cc2ccccc2)n1)C(=O)N3C. The van der Waals surface area contributed by atoms with Crippen LogP contribution in [-0.2, 0) is 17.8 Å². The number of amides is 2. The van der Waals surface area contributed by atoms with Crippen LogP contribution in [-0.4, -0.2) is 57.4 Å². The third-order valence-corrected chi connectivity index (χ3v) is 5.44. The van der Waals surface area contributed by atoms with Crippen LogP contribution in [0.1, 0.15) is 36.1 Å². The number of aliphatic imine (C=N–C) groups is 1. The quantitative estimate of drug-likeness (QED) is 0.656. The van der Waals surface area contributed by atoms with Gasteiger partial charge in [0.05, 0.1) is 17.9 Å². The van der Waals surface area contributed by atoms with E-state index < -0.39 is 11.9 Å². The summed E-state index contributed by atoms with van der Waals surface area (Å²) in [6, 6.07) is 12.5. The van der Waals surface area contributed by atoms with Crippen molar-refractivity contribution in [2.75, 3.05) is 18.6 Å². The van der Waals surface area contributed by atoms with E-state index in [1.54, 1.807) is 7.05 Å². The van der Waals surface area contributed by atoms with Crippen molar-refractivity contribution in [1.29, 1.82) is 0 Å². The first-order valence-electron chi connectivity index (χ1n) is 10.2. The van der Waals surface area contributed by atoms with Gasteiger partial charge in [0.25, 0.3) is 17.6 Å². The van der Waals surface area contributed by atoms with Crippen LogP contribution in [0.4, 0.5) is 11.4 Å². The smallest absolute Gasteiger partial charge is 0.293 e. The summed E-state index contributed by atoms with van der Waals surface area (Å²) in [4.78, 5) is 33.0. The Bertz CT molecular complexity index is 1240. The first kappa shape index (κ1) is 22.1. The Balaban J connectivity index is 0.00000259. The van der Waals surface area contributed by atoms with Gasteiger partial charge in [0.15, 0.2) is 0 Å². The molecule has 2 aliphatic heterocycles. The molecule has 0 radical (unpaired) electrons. The van der Waals surface area contributed by atoms with Crippen molar-refractivity contribution in [2.45, 2.75) is 33.4 Å². The summed E-state index contributed by atoms with van der Waals surface area (Å²) in [5, 5.41) is 14.6. The monoisotopic (exact) mass is 447 g/mol. The Morgan fingerprint density at radius 3 is 2.82 bits per heavy atom. The molecule has 0 saturated carbocycles. The fourth-order valence-electron chi connectivity index (χ4n) is 3.81. The molecular formula is C23H25N7O3. The highest BCUT2D eigenvalue weighted by atomic mass is 16.5. The highest BCUT2D eigenvalue weighted by molar-refractivity contribution is 6.03. The fraction of sp³-hybridized carbons (Fsp3) is 0.304. The Kier molecular flexibility index (Phi) is 5.91. The molecule has 0 aliphatic carbocycles. The topological polar surface area (TPSA) is 115 Å². The maximum Gasteiger partial charge on any atom is 0.293 e. The molecule has 5 rings (SSSR count). The van der Waals surface area contributed by atoms with Gasteiger partial charge in [0.1, 0.15) is 18.4 Å². The molecule has 33 heavy (non-hydrogen) atoms. The number of benzene rings is 2. The van der Waals surface area contributed by atoms with E-state index in [0.717, 1.165) is 28.9 Å². The van der Waals surface area contributed by atoms with Gasteiger partial charge < -0.3 is 15.0 Å². The lowest BCUT2D eigenvalue weighted by Gasteiger charge is -2.20. The zero-order valence-corrected chi connectivity index (χ0v) is 17.6. The number of aromatic nitrogens is 4. The second kappa shape index (κ2) is 8.81. The molecule has 10 heteroatoms. The van der Waals surface area contributed by atoms with E-state index in [0.29, 0.717) is 18.0 Å². The fourth-order valence-corrected chi connectivity index (χ4v) is 3.81. The van der Waals surface area contributed by atoms with Crippen LogP contribution in [0.3, 0.4) is 0 Å². The molecule has 1 N–H and O–H groups in total. The van der Waals surface area contributed by atoms with E-state index in [9.17, 15) is 9.59 Å². The van der Waals surface area contributed by atoms with E-state index in [2.05, 4.69) is 25.7 Å². The van der Waals surface area contributed by atoms with Gasteiger partial charge in [-0.15, -0.1) is 10.2 Å². The number of hydrogen-bond acceptors (Lipinski definition) is 7. The summed E-state index contributed by atoms with van der Waals surface area (Å²) in [7, 11) is 1.65. The lowest BCUT2D eigenvalue weighted by molar-refractivity contribution is -0.120. The van der Waals surface area contributed by atoms with E-state index in [4.69, 9.17) is 4.74 Å². The Morgan fingerprint density at radius 2 is 2.03 bits per heavy atom. The first-order valence-corrected chi connectivity index (χ1v) is 10.2. The van der Waals surface area contributed by atoms with E-state index >= 15 is 0 Å². The number of rotatable bonds is 4. The van der Waals surface area contributed by atoms with Gasteiger partial charge in [-0.25, -0.2) is 0 Å². The molecule has 0 spiro atoms. The van der Waals surface area contributed by atoms with Crippen LogP contribution < -0.4 is 15.0 Å². The van der Waals surface area contributed by atoms with Crippen molar-refractivity contribution < 1.29 is 14.3 Å². The van der Waals surface area contributed by atoms with Gasteiger partial charge in [-0.2, -0.15) is 4.80 Å². The van der Waals surface area contributed by atoms with Gasteiger partial charge in [-0.1, -0.05) is 37.8 Å². The summed E-state index contributed by atoms with van der Waals surface area (Å²) in [6.45, 7) is 2.35. The molecule has 1 atom stereocenters. The number of tetrazole rings is 1. The number of carbonyl (C=O) groups excluding carboxylic acids is 2. The third kappa shape index (κ3) is 4.32. The highest BCUT2D eigenvalue weighted by Gasteiger charge is 2.33. The average molecular weight is 447 g/mol. The Hall–Kier alpha value is -4.08. The summed E-state index contributed by atoms with van der Waals surface area (Å²) >= 11 is 0. The van der Waals surface area contributed by atoms with E-state index in [1.165, 1.54) is 9.70 Å². The minimum atomic E-state index is -0.888. The standard InChI is InChI=1S/C22H21N7O3.CH4/c1-13-8-15-9-19-18(10-16(15)23-13)28(2)22(31)17(12-32-19)24-21(30)20-25-27-29(26-20)11-14-6-4-3-5-7-14;/h3-7,9-10,17H,8,11-12H2,1-2H3,(H,24,30);1H4/t17-;/m0./s1. The van der Waals surface area contributed by atoms with Gasteiger partial charge in [0, 0.05) is 19.2 Å². The predicted octanol–water partition coefficient (Wildman–Crippen LogP) is 2.16. The molecule has 3 heterocycles. The Morgan fingerprint density at radius 1 is 1.24 bits per heavy atom. The maximum absolute atomic E-state index is 13.0. The van der Waals surface area contributed by atoms with Crippen molar-refractivity contribution in [3.63, 3.8) is 0 Å². The molecule has 1 aromatic heterocycles. The second-order valence-electron chi connectivity index (χ2n) is 7.84. The number of likely N-dealkylation sites (N-methyl/N-ethyl adjacent to an activating group) is 1. The van der Waals surface area contributed by atoms with Crippen molar-refractivity contribution in [3.05, 3.63) is 59.4 Å². The largest absolute Gasteiger partial charge is 0.489 e. The minimum absolute atomic E-state index is 0. The average Bonchev–Trinajstić information content (AvgIpc) is 3.38. The van der Waals surface area contributed by atoms with Crippen molar-refractivity contribution in [3.8, 4) is 5.75 Å². The molecule has 2 aromatic carbocycles. The van der Waals surface area contributed by atoms with Crippen LogP contribution >= 0.6 is 0 Å². The van der Waals surface area contributed by atoms with E-state index in [-0.39, 0.29) is 25.8 Å². The lowest BCUT2D eigenvalue weighted by Crippen LogP contribution is -2.49. The van der Waals surface area contributed by atoms with Gasteiger partial charge in [-0.3, -0.25) is 14.6 Å². The molecule has 3 aromatic rings. The van der Waals surface area contributed by atoms with E-state index in [1.807, 2.05) is 49.4 Å². The minimum Gasteiger partial charge on any atom is -0.489 e. The molecular weight excluding hydrogens is 422 g/mol. The molecule has 2 amide bonds. The highest BCUT2D eigenvalue weighted by Crippen LogP contribution is 2.39. The summed E-state index contributed by atoms with van der Waals surface area (Å²) in [6.07, 6.45) is 0.758. The van der Waals surface area contributed by atoms with Gasteiger partial charge in [-0.05, 0) is 35.4 Å². The molecule has 0 saturated heterocycles. The molecule has 2 aliphatic rings. The predicted molar refractivity (Wildman–Crippen MR) is 123 cm³/mol.